The monoisotopic (exact) mass is 132 g/mol. The SMILES string of the molecule is O=C1NC=C(F)[C@@H](O)N1. The van der Waals surface area contributed by atoms with Gasteiger partial charge in [0.2, 0.25) is 0 Å². The van der Waals surface area contributed by atoms with E-state index in [2.05, 4.69) is 0 Å². The number of amides is 2. The second-order valence-corrected chi connectivity index (χ2v) is 1.55. The highest BCUT2D eigenvalue weighted by Gasteiger charge is 2.17. The van der Waals surface area contributed by atoms with E-state index in [1.54, 1.807) is 0 Å². The predicted molar refractivity (Wildman–Crippen MR) is 26.9 cm³/mol. The molecule has 0 spiro atoms. The molecule has 9 heavy (non-hydrogen) atoms. The molecule has 0 saturated heterocycles. The van der Waals surface area contributed by atoms with Gasteiger partial charge in [0.25, 0.3) is 0 Å². The Labute approximate surface area is 50.4 Å². The van der Waals surface area contributed by atoms with Gasteiger partial charge >= 0.3 is 6.03 Å². The minimum Gasteiger partial charge on any atom is -0.367 e. The molecule has 0 aliphatic carbocycles. The molecule has 1 aliphatic rings. The first-order valence-electron chi connectivity index (χ1n) is 2.31. The lowest BCUT2D eigenvalue weighted by molar-refractivity contribution is 0.142. The van der Waals surface area contributed by atoms with Gasteiger partial charge in [-0.05, 0) is 0 Å². The molecule has 0 fully saturated rings. The summed E-state index contributed by atoms with van der Waals surface area (Å²) < 4.78 is 12.1. The van der Waals surface area contributed by atoms with Crippen molar-refractivity contribution in [3.63, 3.8) is 0 Å². The lowest BCUT2D eigenvalue weighted by atomic mass is 10.4. The number of nitrogens with one attached hydrogen (secondary N) is 2. The summed E-state index contributed by atoms with van der Waals surface area (Å²) in [7, 11) is 0. The van der Waals surface area contributed by atoms with E-state index in [1.165, 1.54) is 0 Å². The molecule has 0 unspecified atom stereocenters. The van der Waals surface area contributed by atoms with E-state index >= 15 is 0 Å². The molecular weight excluding hydrogens is 127 g/mol. The zero-order valence-electron chi connectivity index (χ0n) is 4.39. The highest BCUT2D eigenvalue weighted by Crippen LogP contribution is 2.01. The normalized spacial score (nSPS) is 26.2. The summed E-state index contributed by atoms with van der Waals surface area (Å²) in [5, 5.41) is 12.4. The van der Waals surface area contributed by atoms with Crippen LogP contribution in [0.4, 0.5) is 9.18 Å². The molecule has 2 amide bonds. The molecule has 0 aromatic carbocycles. The first-order valence-corrected chi connectivity index (χ1v) is 2.31. The van der Waals surface area contributed by atoms with Gasteiger partial charge in [-0.25, -0.2) is 9.18 Å². The number of aliphatic hydroxyl groups is 1. The van der Waals surface area contributed by atoms with Crippen molar-refractivity contribution in [1.29, 1.82) is 0 Å². The number of hydrogen-bond donors (Lipinski definition) is 3. The Morgan fingerprint density at radius 3 is 2.89 bits per heavy atom. The number of aliphatic hydroxyl groups excluding tert-OH is 1. The van der Waals surface area contributed by atoms with E-state index in [0.29, 0.717) is 0 Å². The maximum atomic E-state index is 12.1. The molecule has 5 heteroatoms. The summed E-state index contributed by atoms with van der Waals surface area (Å²) >= 11 is 0. The fraction of sp³-hybridized carbons (Fsp3) is 0.250. The van der Waals surface area contributed by atoms with Crippen LogP contribution in [0, 0.1) is 0 Å². The third kappa shape index (κ3) is 1.17. The number of halogens is 1. The number of carbonyl (C=O) groups excluding carboxylic acids is 1. The van der Waals surface area contributed by atoms with Crippen molar-refractivity contribution in [3.05, 3.63) is 12.0 Å². The lowest BCUT2D eigenvalue weighted by Crippen LogP contribution is -2.44. The summed E-state index contributed by atoms with van der Waals surface area (Å²) in [4.78, 5) is 10.2. The van der Waals surface area contributed by atoms with Crippen LogP contribution >= 0.6 is 0 Å². The molecule has 0 radical (unpaired) electrons. The molecule has 0 aromatic heterocycles. The van der Waals surface area contributed by atoms with Crippen LogP contribution in [-0.2, 0) is 0 Å². The summed E-state index contributed by atoms with van der Waals surface area (Å²) in [6.45, 7) is 0. The van der Waals surface area contributed by atoms with Crippen molar-refractivity contribution in [1.82, 2.24) is 10.6 Å². The van der Waals surface area contributed by atoms with E-state index in [4.69, 9.17) is 5.11 Å². The standard InChI is InChI=1S/C4H5FN2O2/c5-2-1-6-4(9)7-3(2)8/h1,3,8H,(H2,6,7,9)/t3-/m1/s1. The minimum atomic E-state index is -1.49. The molecule has 4 nitrogen and oxygen atoms in total. The molecule has 1 rings (SSSR count). The van der Waals surface area contributed by atoms with E-state index in [0.717, 1.165) is 6.20 Å². The van der Waals surface area contributed by atoms with Crippen LogP contribution in [-0.4, -0.2) is 17.4 Å². The summed E-state index contributed by atoms with van der Waals surface area (Å²) in [6, 6.07) is -0.607. The Bertz CT molecular complexity index is 168. The lowest BCUT2D eigenvalue weighted by Gasteiger charge is -2.14. The Kier molecular flexibility index (Phi) is 1.35. The van der Waals surface area contributed by atoms with Crippen molar-refractivity contribution in [2.45, 2.75) is 6.23 Å². The molecule has 0 aromatic rings. The Morgan fingerprint density at radius 2 is 2.44 bits per heavy atom. The van der Waals surface area contributed by atoms with Crippen LogP contribution in [0.25, 0.3) is 0 Å². The van der Waals surface area contributed by atoms with Crippen molar-refractivity contribution in [3.8, 4) is 0 Å². The van der Waals surface area contributed by atoms with E-state index in [1.807, 2.05) is 10.6 Å². The predicted octanol–water partition coefficient (Wildman–Crippen LogP) is -0.572. The largest absolute Gasteiger partial charge is 0.367 e. The average molecular weight is 132 g/mol. The fourth-order valence-corrected chi connectivity index (χ4v) is 0.448. The Morgan fingerprint density at radius 1 is 1.78 bits per heavy atom. The molecule has 1 atom stereocenters. The van der Waals surface area contributed by atoms with Gasteiger partial charge in [-0.15, -0.1) is 0 Å². The van der Waals surface area contributed by atoms with Crippen molar-refractivity contribution in [2.75, 3.05) is 0 Å². The van der Waals surface area contributed by atoms with Crippen LogP contribution in [0.2, 0.25) is 0 Å². The highest BCUT2D eigenvalue weighted by molar-refractivity contribution is 5.76. The van der Waals surface area contributed by atoms with Gasteiger partial charge in [0.05, 0.1) is 0 Å². The zero-order chi connectivity index (χ0) is 6.85. The van der Waals surface area contributed by atoms with Gasteiger partial charge in [0.15, 0.2) is 12.1 Å². The first-order chi connectivity index (χ1) is 4.20. The van der Waals surface area contributed by atoms with Crippen molar-refractivity contribution in [2.24, 2.45) is 0 Å². The minimum absolute atomic E-state index is 0.607. The van der Waals surface area contributed by atoms with Gasteiger partial charge in [-0.2, -0.15) is 0 Å². The van der Waals surface area contributed by atoms with Gasteiger partial charge in [-0.3, -0.25) is 0 Å². The second kappa shape index (κ2) is 2.02. The molecule has 1 heterocycles. The quantitative estimate of drug-likeness (QED) is 0.413. The van der Waals surface area contributed by atoms with Gasteiger partial charge in [0, 0.05) is 6.20 Å². The maximum absolute atomic E-state index is 12.1. The summed E-state index contributed by atoms with van der Waals surface area (Å²) in [6.07, 6.45) is -0.678. The number of hydrogen-bond acceptors (Lipinski definition) is 2. The molecule has 0 bridgehead atoms. The Hall–Kier alpha value is -1.10. The van der Waals surface area contributed by atoms with Crippen LogP contribution < -0.4 is 10.6 Å². The maximum Gasteiger partial charge on any atom is 0.321 e. The number of carbonyl (C=O) groups is 1. The highest BCUT2D eigenvalue weighted by atomic mass is 19.1. The third-order valence-corrected chi connectivity index (χ3v) is 0.870. The molecule has 3 N–H and O–H groups in total. The van der Waals surface area contributed by atoms with Crippen molar-refractivity contribution < 1.29 is 14.3 Å². The van der Waals surface area contributed by atoms with Gasteiger partial charge < -0.3 is 15.7 Å². The van der Waals surface area contributed by atoms with E-state index in [-0.39, 0.29) is 0 Å². The Balaban J connectivity index is 2.67. The summed E-state index contributed by atoms with van der Waals surface area (Å²) in [5.41, 5.74) is 0. The smallest absolute Gasteiger partial charge is 0.321 e. The van der Waals surface area contributed by atoms with Gasteiger partial charge in [-0.1, -0.05) is 0 Å². The molecule has 0 saturated carbocycles. The van der Waals surface area contributed by atoms with E-state index < -0.39 is 18.1 Å². The van der Waals surface area contributed by atoms with Crippen LogP contribution in [0.1, 0.15) is 0 Å². The molecular formula is C4H5FN2O2. The van der Waals surface area contributed by atoms with E-state index in [9.17, 15) is 9.18 Å². The van der Waals surface area contributed by atoms with Crippen molar-refractivity contribution >= 4 is 6.03 Å². The average Bonchev–Trinajstić information content (AvgIpc) is 1.80. The number of rotatable bonds is 0. The first kappa shape index (κ1) is 6.03. The molecule has 50 valence electrons. The fourth-order valence-electron chi connectivity index (χ4n) is 0.448. The summed E-state index contributed by atoms with van der Waals surface area (Å²) in [5.74, 6) is -0.797. The molecule has 1 aliphatic heterocycles. The topological polar surface area (TPSA) is 61.4 Å². The van der Waals surface area contributed by atoms with Crippen LogP contribution in [0.3, 0.4) is 0 Å². The zero-order valence-corrected chi connectivity index (χ0v) is 4.39. The van der Waals surface area contributed by atoms with Crippen LogP contribution in [0.5, 0.6) is 0 Å². The van der Waals surface area contributed by atoms with Gasteiger partial charge in [0.1, 0.15) is 0 Å². The number of urea groups is 1. The van der Waals surface area contributed by atoms with Crippen LogP contribution in [0.15, 0.2) is 12.0 Å². The second-order valence-electron chi connectivity index (χ2n) is 1.55. The third-order valence-electron chi connectivity index (χ3n) is 0.870.